The molecular weight excluding hydrogens is 468 g/mol. The summed E-state index contributed by atoms with van der Waals surface area (Å²) in [5, 5.41) is 2.09. The number of thiophene rings is 1. The second-order valence-electron chi connectivity index (χ2n) is 7.61. The van der Waals surface area contributed by atoms with Gasteiger partial charge in [0.25, 0.3) is 0 Å². The molecule has 0 amide bonds. The highest BCUT2D eigenvalue weighted by Crippen LogP contribution is 2.17. The van der Waals surface area contributed by atoms with Crippen molar-refractivity contribution in [3.63, 3.8) is 0 Å². The van der Waals surface area contributed by atoms with Crippen LogP contribution < -0.4 is 15.9 Å². The Hall–Kier alpha value is -3.54. The van der Waals surface area contributed by atoms with Crippen LogP contribution in [0.3, 0.4) is 0 Å². The Bertz CT molecular complexity index is 1430. The molecule has 0 spiro atoms. The number of aromatic nitrogens is 5. The first kappa shape index (κ1) is 22.3. The number of hydrogen-bond donors (Lipinski definition) is 3. The van der Waals surface area contributed by atoms with Gasteiger partial charge in [0, 0.05) is 24.2 Å². The van der Waals surface area contributed by atoms with Crippen LogP contribution in [0.2, 0.25) is 0 Å². The van der Waals surface area contributed by atoms with Crippen molar-refractivity contribution in [2.45, 2.75) is 19.5 Å². The van der Waals surface area contributed by atoms with Crippen LogP contribution in [0, 0.1) is 0 Å². The molecule has 4 aromatic heterocycles. The van der Waals surface area contributed by atoms with Crippen LogP contribution in [0.5, 0.6) is 0 Å². The molecule has 11 heteroatoms. The Balaban J connectivity index is 1.27. The van der Waals surface area contributed by atoms with Gasteiger partial charge in [0.1, 0.15) is 22.8 Å². The highest BCUT2D eigenvalue weighted by atomic mass is 32.2. The first-order chi connectivity index (χ1) is 16.7. The van der Waals surface area contributed by atoms with Gasteiger partial charge in [-0.25, -0.2) is 9.97 Å². The van der Waals surface area contributed by atoms with Gasteiger partial charge >= 0.3 is 0 Å². The van der Waals surface area contributed by atoms with Crippen LogP contribution in [0.15, 0.2) is 76.2 Å². The van der Waals surface area contributed by atoms with Gasteiger partial charge in [0.2, 0.25) is 11.0 Å². The molecule has 174 valence electrons. The van der Waals surface area contributed by atoms with Crippen molar-refractivity contribution in [2.75, 3.05) is 18.0 Å². The molecule has 9 nitrogen and oxygen atoms in total. The third-order valence-electron chi connectivity index (χ3n) is 5.18. The Morgan fingerprint density at radius 3 is 2.65 bits per heavy atom. The molecule has 1 aromatic carbocycles. The molecule has 0 fully saturated rings. The number of hydrogen-bond acceptors (Lipinski definition) is 7. The molecule has 5 rings (SSSR count). The first-order valence-corrected chi connectivity index (χ1v) is 12.9. The van der Waals surface area contributed by atoms with Crippen molar-refractivity contribution >= 4 is 39.3 Å². The Morgan fingerprint density at radius 1 is 1.00 bits per heavy atom. The summed E-state index contributed by atoms with van der Waals surface area (Å²) >= 11 is 0.306. The number of benzene rings is 1. The number of fused-ring (bicyclic) bond motifs is 1. The molecule has 4 heterocycles. The topological polar surface area (TPSA) is 124 Å². The Labute approximate surface area is 202 Å². The fourth-order valence-corrected chi connectivity index (χ4v) is 5.05. The Kier molecular flexibility index (Phi) is 6.94. The Morgan fingerprint density at radius 2 is 1.85 bits per heavy atom. The third kappa shape index (κ3) is 5.50. The van der Waals surface area contributed by atoms with Gasteiger partial charge in [-0.3, -0.25) is 9.98 Å². The average Bonchev–Trinajstić information content (AvgIpc) is 3.60. The van der Waals surface area contributed by atoms with E-state index in [-0.39, 0.29) is 0 Å². The predicted octanol–water partition coefficient (Wildman–Crippen LogP) is 3.50. The van der Waals surface area contributed by atoms with Crippen molar-refractivity contribution in [2.24, 2.45) is 9.98 Å². The number of imidazole rings is 1. The number of anilines is 1. The zero-order chi connectivity index (χ0) is 23.2. The first-order valence-electron chi connectivity index (χ1n) is 10.9. The second kappa shape index (κ2) is 10.6. The molecule has 0 bridgehead atoms. The van der Waals surface area contributed by atoms with E-state index in [1.807, 2.05) is 48.7 Å². The molecule has 0 saturated heterocycles. The normalized spacial score (nSPS) is 13.1. The number of aromatic amines is 3. The number of nitrogens with one attached hydrogen (secondary N) is 3. The number of H-pyrrole nitrogens is 3. The summed E-state index contributed by atoms with van der Waals surface area (Å²) in [4.78, 5) is 25.0. The number of pyridine rings is 1. The van der Waals surface area contributed by atoms with Crippen LogP contribution in [0.4, 0.5) is 5.82 Å². The molecule has 1 unspecified atom stereocenters. The van der Waals surface area contributed by atoms with E-state index in [0.29, 0.717) is 24.1 Å². The van der Waals surface area contributed by atoms with E-state index in [1.165, 1.54) is 4.88 Å². The molecule has 5 aromatic rings. The van der Waals surface area contributed by atoms with Crippen molar-refractivity contribution in [1.29, 1.82) is 0 Å². The van der Waals surface area contributed by atoms with Gasteiger partial charge in [0.15, 0.2) is 0 Å². The molecule has 0 saturated carbocycles. The summed E-state index contributed by atoms with van der Waals surface area (Å²) in [6, 6.07) is 18.0. The van der Waals surface area contributed by atoms with Crippen molar-refractivity contribution in [3.05, 3.63) is 87.9 Å². The van der Waals surface area contributed by atoms with E-state index in [0.717, 1.165) is 42.2 Å². The second-order valence-corrected chi connectivity index (χ2v) is 9.59. The van der Waals surface area contributed by atoms with E-state index in [9.17, 15) is 4.55 Å². The van der Waals surface area contributed by atoms with E-state index in [4.69, 9.17) is 0 Å². The van der Waals surface area contributed by atoms with Gasteiger partial charge in [-0.1, -0.05) is 24.3 Å². The molecule has 3 N–H and O–H groups in total. The molecule has 0 aliphatic rings. The smallest absolute Gasteiger partial charge is 0.219 e. The average molecular weight is 493 g/mol. The lowest BCUT2D eigenvalue weighted by molar-refractivity contribution is 0.584. The minimum atomic E-state index is -1.43. The quantitative estimate of drug-likeness (QED) is 0.215. The standard InChI is InChI=1S/C23H24N8OS2/c32-34-29-22(23(30-34)26-15-20-27-18-8-1-2-9-19(18)28-20)25-12-6-13-31(16-17-7-5-14-33-17)21-10-3-4-11-24-21/h1-5,7-11,14H,6,12-13,15-16H2,(H,25,29)(H,26,30)(H,27,28). The number of para-hydroxylation sites is 2. The summed E-state index contributed by atoms with van der Waals surface area (Å²) in [7, 11) is 0. The highest BCUT2D eigenvalue weighted by Gasteiger charge is 2.09. The third-order valence-corrected chi connectivity index (χ3v) is 6.80. The van der Waals surface area contributed by atoms with Crippen LogP contribution in [0.25, 0.3) is 11.0 Å². The summed E-state index contributed by atoms with van der Waals surface area (Å²) in [6.45, 7) is 2.51. The van der Waals surface area contributed by atoms with E-state index < -0.39 is 11.1 Å². The van der Waals surface area contributed by atoms with Crippen molar-refractivity contribution < 1.29 is 4.55 Å². The molecule has 0 aliphatic heterocycles. The maximum absolute atomic E-state index is 12.0. The molecule has 0 radical (unpaired) electrons. The lowest BCUT2D eigenvalue weighted by atomic mass is 10.3. The van der Waals surface area contributed by atoms with Crippen LogP contribution in [0.1, 0.15) is 17.1 Å². The number of nitrogens with zero attached hydrogens (tertiary/aromatic N) is 5. The molecular formula is C23H24N8OS2. The van der Waals surface area contributed by atoms with Crippen LogP contribution >= 0.6 is 22.5 Å². The van der Waals surface area contributed by atoms with Crippen LogP contribution in [-0.4, -0.2) is 41.3 Å². The minimum absolute atomic E-state index is 0.336. The lowest BCUT2D eigenvalue weighted by Crippen LogP contribution is -2.27. The summed E-state index contributed by atoms with van der Waals surface area (Å²) < 4.78 is 17.7. The van der Waals surface area contributed by atoms with E-state index in [2.05, 4.69) is 56.1 Å². The summed E-state index contributed by atoms with van der Waals surface area (Å²) in [5.74, 6) is 1.69. The van der Waals surface area contributed by atoms with Crippen molar-refractivity contribution in [3.8, 4) is 0 Å². The summed E-state index contributed by atoms with van der Waals surface area (Å²) in [6.07, 6.45) is 2.63. The van der Waals surface area contributed by atoms with Gasteiger partial charge in [-0.2, -0.15) is 8.75 Å². The van der Waals surface area contributed by atoms with Crippen molar-refractivity contribution in [1.82, 2.24) is 23.7 Å². The van der Waals surface area contributed by atoms with Crippen LogP contribution in [-0.2, 0) is 13.1 Å². The van der Waals surface area contributed by atoms with Gasteiger partial charge in [0.05, 0.1) is 24.1 Å². The number of rotatable bonds is 9. The molecule has 0 aliphatic carbocycles. The maximum atomic E-state index is 12.0. The molecule has 34 heavy (non-hydrogen) atoms. The summed E-state index contributed by atoms with van der Waals surface area (Å²) in [5.41, 5.74) is 2.86. The van der Waals surface area contributed by atoms with E-state index >= 15 is 0 Å². The maximum Gasteiger partial charge on any atom is 0.219 e. The lowest BCUT2D eigenvalue weighted by Gasteiger charge is -2.22. The zero-order valence-corrected chi connectivity index (χ0v) is 20.0. The van der Waals surface area contributed by atoms with Gasteiger partial charge in [-0.15, -0.1) is 11.3 Å². The highest BCUT2D eigenvalue weighted by molar-refractivity contribution is 7.13. The zero-order valence-electron chi connectivity index (χ0n) is 18.3. The monoisotopic (exact) mass is 492 g/mol. The molecule has 1 atom stereocenters. The van der Waals surface area contributed by atoms with E-state index in [1.54, 1.807) is 11.3 Å². The fraction of sp³-hybridized carbons (Fsp3) is 0.217. The minimum Gasteiger partial charge on any atom is -0.549 e. The van der Waals surface area contributed by atoms with Gasteiger partial charge < -0.3 is 14.4 Å². The van der Waals surface area contributed by atoms with Gasteiger partial charge in [-0.05, 0) is 42.1 Å². The predicted molar refractivity (Wildman–Crippen MR) is 134 cm³/mol. The SMILES string of the molecule is [O-][s+]1[nH]c(=NCCCN(Cc2cccs2)c2ccccn2)c(=NCc2nc3ccccc3[nH]2)[nH]1. The largest absolute Gasteiger partial charge is 0.549 e. The fourth-order valence-electron chi connectivity index (χ4n) is 3.61.